The Kier molecular flexibility index (Phi) is 3.49. The van der Waals surface area contributed by atoms with E-state index in [1.54, 1.807) is 6.20 Å². The second-order valence-electron chi connectivity index (χ2n) is 3.67. The molecule has 2 aromatic rings. The fourth-order valence-corrected chi connectivity index (χ4v) is 2.52. The molecule has 5 heteroatoms. The van der Waals surface area contributed by atoms with Gasteiger partial charge in [-0.2, -0.15) is 0 Å². The zero-order valence-corrected chi connectivity index (χ0v) is 10.4. The predicted molar refractivity (Wildman–Crippen MR) is 70.4 cm³/mol. The summed E-state index contributed by atoms with van der Waals surface area (Å²) in [4.78, 5) is 9.56. The van der Waals surface area contributed by atoms with Crippen LogP contribution in [0.5, 0.6) is 0 Å². The maximum absolute atomic E-state index is 7.56. The van der Waals surface area contributed by atoms with Crippen LogP contribution in [0.1, 0.15) is 23.9 Å². The van der Waals surface area contributed by atoms with Crippen molar-refractivity contribution in [3.63, 3.8) is 0 Å². The van der Waals surface area contributed by atoms with Gasteiger partial charge in [-0.05, 0) is 18.6 Å². The number of nitrogens with zero attached hydrogens (tertiary/aromatic N) is 2. The summed E-state index contributed by atoms with van der Waals surface area (Å²) >= 11 is 1.44. The third-order valence-corrected chi connectivity index (χ3v) is 3.47. The second-order valence-corrected chi connectivity index (χ2v) is 4.67. The van der Waals surface area contributed by atoms with Crippen molar-refractivity contribution < 1.29 is 0 Å². The summed E-state index contributed by atoms with van der Waals surface area (Å²) in [7, 11) is 0. The van der Waals surface area contributed by atoms with E-state index in [4.69, 9.17) is 11.1 Å². The molecular weight excluding hydrogens is 232 g/mol. The first-order valence-electron chi connectivity index (χ1n) is 5.48. The van der Waals surface area contributed by atoms with E-state index in [1.807, 2.05) is 18.2 Å². The largest absolute Gasteiger partial charge is 0.383 e. The molecular formula is C12H14N4S. The van der Waals surface area contributed by atoms with Crippen LogP contribution >= 0.6 is 11.3 Å². The number of nitrogens with one attached hydrogen (secondary N) is 1. The highest BCUT2D eigenvalue weighted by Crippen LogP contribution is 2.27. The Labute approximate surface area is 104 Å². The van der Waals surface area contributed by atoms with Crippen molar-refractivity contribution in [2.45, 2.75) is 19.8 Å². The van der Waals surface area contributed by atoms with Crippen molar-refractivity contribution in [1.82, 2.24) is 9.97 Å². The van der Waals surface area contributed by atoms with Crippen LogP contribution in [0.25, 0.3) is 10.7 Å². The fourth-order valence-electron chi connectivity index (χ4n) is 1.57. The van der Waals surface area contributed by atoms with E-state index >= 15 is 0 Å². The molecule has 0 amide bonds. The van der Waals surface area contributed by atoms with Crippen molar-refractivity contribution in [3.8, 4) is 10.7 Å². The lowest BCUT2D eigenvalue weighted by atomic mass is 10.2. The molecule has 88 valence electrons. The number of thiazole rings is 1. The van der Waals surface area contributed by atoms with Gasteiger partial charge in [0.2, 0.25) is 0 Å². The van der Waals surface area contributed by atoms with Crippen LogP contribution in [0.2, 0.25) is 0 Å². The van der Waals surface area contributed by atoms with Gasteiger partial charge >= 0.3 is 0 Å². The van der Waals surface area contributed by atoms with Crippen molar-refractivity contribution in [2.75, 3.05) is 0 Å². The quantitative estimate of drug-likeness (QED) is 0.642. The Hall–Kier alpha value is -1.75. The van der Waals surface area contributed by atoms with E-state index in [0.717, 1.165) is 34.1 Å². The SMILES string of the molecule is CCCc1nc(-c2ccccn2)sc1C(=N)N. The molecule has 4 nitrogen and oxygen atoms in total. The molecule has 0 aliphatic heterocycles. The molecule has 2 aromatic heterocycles. The average Bonchev–Trinajstić information content (AvgIpc) is 2.75. The lowest BCUT2D eigenvalue weighted by molar-refractivity contribution is 0.890. The van der Waals surface area contributed by atoms with E-state index in [9.17, 15) is 0 Å². The van der Waals surface area contributed by atoms with Crippen molar-refractivity contribution >= 4 is 17.2 Å². The normalized spacial score (nSPS) is 10.4. The molecule has 0 spiro atoms. The summed E-state index contributed by atoms with van der Waals surface area (Å²) < 4.78 is 0. The van der Waals surface area contributed by atoms with Gasteiger partial charge in [0.05, 0.1) is 16.3 Å². The smallest absolute Gasteiger partial charge is 0.142 e. The minimum atomic E-state index is 0.0909. The topological polar surface area (TPSA) is 75.7 Å². The van der Waals surface area contributed by atoms with Crippen molar-refractivity contribution in [2.24, 2.45) is 5.73 Å². The molecule has 0 saturated heterocycles. The van der Waals surface area contributed by atoms with Gasteiger partial charge in [0, 0.05) is 6.20 Å². The highest BCUT2D eigenvalue weighted by molar-refractivity contribution is 7.17. The molecule has 0 atom stereocenters. The van der Waals surface area contributed by atoms with Gasteiger partial charge in [0.25, 0.3) is 0 Å². The van der Waals surface area contributed by atoms with Crippen LogP contribution in [-0.4, -0.2) is 15.8 Å². The number of pyridine rings is 1. The average molecular weight is 246 g/mol. The second kappa shape index (κ2) is 5.05. The molecule has 0 fully saturated rings. The van der Waals surface area contributed by atoms with Crippen molar-refractivity contribution in [3.05, 3.63) is 35.0 Å². The van der Waals surface area contributed by atoms with Crippen LogP contribution < -0.4 is 5.73 Å². The zero-order chi connectivity index (χ0) is 12.3. The predicted octanol–water partition coefficient (Wildman–Crippen LogP) is 2.44. The van der Waals surface area contributed by atoms with Crippen LogP contribution in [-0.2, 0) is 6.42 Å². The Balaban J connectivity index is 2.44. The third-order valence-electron chi connectivity index (χ3n) is 2.31. The maximum atomic E-state index is 7.56. The standard InChI is InChI=1S/C12H14N4S/c1-2-5-8-10(11(13)14)17-12(16-8)9-6-3-4-7-15-9/h3-4,6-7H,2,5H2,1H3,(H3,13,14). The first-order chi connectivity index (χ1) is 8.22. The number of hydrogen-bond donors (Lipinski definition) is 2. The summed E-state index contributed by atoms with van der Waals surface area (Å²) in [5.41, 5.74) is 7.31. The Morgan fingerprint density at radius 1 is 1.47 bits per heavy atom. The molecule has 0 aliphatic rings. The number of aryl methyl sites for hydroxylation is 1. The Bertz CT molecular complexity index is 519. The Morgan fingerprint density at radius 3 is 2.88 bits per heavy atom. The van der Waals surface area contributed by atoms with Crippen LogP contribution in [0.15, 0.2) is 24.4 Å². The summed E-state index contributed by atoms with van der Waals surface area (Å²) in [6.45, 7) is 2.09. The lowest BCUT2D eigenvalue weighted by Gasteiger charge is -1.96. The molecule has 0 saturated carbocycles. The minimum Gasteiger partial charge on any atom is -0.383 e. The molecule has 0 radical (unpaired) electrons. The van der Waals surface area contributed by atoms with Gasteiger partial charge in [-0.25, -0.2) is 4.98 Å². The van der Waals surface area contributed by atoms with Gasteiger partial charge in [-0.15, -0.1) is 11.3 Å². The molecule has 2 heterocycles. The van der Waals surface area contributed by atoms with Gasteiger partial charge < -0.3 is 5.73 Å². The van der Waals surface area contributed by atoms with E-state index in [2.05, 4.69) is 16.9 Å². The third kappa shape index (κ3) is 2.50. The highest BCUT2D eigenvalue weighted by atomic mass is 32.1. The first kappa shape index (κ1) is 11.7. The summed E-state index contributed by atoms with van der Waals surface area (Å²) in [6, 6.07) is 5.71. The zero-order valence-electron chi connectivity index (χ0n) is 9.60. The number of aromatic nitrogens is 2. The Morgan fingerprint density at radius 2 is 2.29 bits per heavy atom. The lowest BCUT2D eigenvalue weighted by Crippen LogP contribution is -2.11. The van der Waals surface area contributed by atoms with Gasteiger partial charge in [0.1, 0.15) is 10.8 Å². The molecule has 2 rings (SSSR count). The van der Waals surface area contributed by atoms with Crippen LogP contribution in [0, 0.1) is 5.41 Å². The van der Waals surface area contributed by atoms with E-state index in [0.29, 0.717) is 0 Å². The first-order valence-corrected chi connectivity index (χ1v) is 6.29. The van der Waals surface area contributed by atoms with E-state index < -0.39 is 0 Å². The van der Waals surface area contributed by atoms with Gasteiger partial charge in [0.15, 0.2) is 0 Å². The molecule has 0 unspecified atom stereocenters. The highest BCUT2D eigenvalue weighted by Gasteiger charge is 2.14. The number of nitrogen functional groups attached to an aromatic ring is 1. The van der Waals surface area contributed by atoms with Crippen molar-refractivity contribution in [1.29, 1.82) is 5.41 Å². The van der Waals surface area contributed by atoms with Gasteiger partial charge in [-0.1, -0.05) is 19.4 Å². The summed E-state index contributed by atoms with van der Waals surface area (Å²) in [6.07, 6.45) is 3.58. The minimum absolute atomic E-state index is 0.0909. The number of nitrogens with two attached hydrogens (primary N) is 1. The molecule has 0 bridgehead atoms. The number of rotatable bonds is 4. The molecule has 3 N–H and O–H groups in total. The molecule has 0 aromatic carbocycles. The fraction of sp³-hybridized carbons (Fsp3) is 0.250. The van der Waals surface area contributed by atoms with Crippen LogP contribution in [0.3, 0.4) is 0 Å². The van der Waals surface area contributed by atoms with E-state index in [1.165, 1.54) is 11.3 Å². The van der Waals surface area contributed by atoms with Crippen LogP contribution in [0.4, 0.5) is 0 Å². The summed E-state index contributed by atoms with van der Waals surface area (Å²) in [5, 5.41) is 8.39. The maximum Gasteiger partial charge on any atom is 0.142 e. The monoisotopic (exact) mass is 246 g/mol. The van der Waals surface area contributed by atoms with E-state index in [-0.39, 0.29) is 5.84 Å². The summed E-state index contributed by atoms with van der Waals surface area (Å²) in [5.74, 6) is 0.0909. The molecule has 0 aliphatic carbocycles. The number of amidine groups is 1. The number of hydrogen-bond acceptors (Lipinski definition) is 4. The van der Waals surface area contributed by atoms with Gasteiger partial charge in [-0.3, -0.25) is 10.4 Å². The molecule has 17 heavy (non-hydrogen) atoms.